The van der Waals surface area contributed by atoms with Crippen LogP contribution in [0.25, 0.3) is 0 Å². The van der Waals surface area contributed by atoms with Crippen LogP contribution in [0.2, 0.25) is 5.02 Å². The van der Waals surface area contributed by atoms with E-state index in [4.69, 9.17) is 21.1 Å². The molecule has 1 aliphatic heterocycles. The van der Waals surface area contributed by atoms with Crippen LogP contribution in [0, 0.1) is 6.92 Å². The first-order valence-corrected chi connectivity index (χ1v) is 9.54. The van der Waals surface area contributed by atoms with Crippen molar-refractivity contribution in [1.29, 1.82) is 0 Å². The minimum atomic E-state index is 0.560. The first-order chi connectivity index (χ1) is 13.7. The van der Waals surface area contributed by atoms with Gasteiger partial charge < -0.3 is 20.1 Å². The zero-order chi connectivity index (χ0) is 19.3. The predicted molar refractivity (Wildman–Crippen MR) is 111 cm³/mol. The van der Waals surface area contributed by atoms with Gasteiger partial charge in [0.15, 0.2) is 11.5 Å². The molecule has 0 amide bonds. The second-order valence-electron chi connectivity index (χ2n) is 6.47. The fourth-order valence-corrected chi connectivity index (χ4v) is 3.10. The standard InChI is InChI=1S/C21H21ClN4O2/c1-14-24-20(23-9-8-15-2-4-16(22)5-3-15)13-21(25-14)26-17-6-7-18-19(12-17)28-11-10-27-18/h2-7,12-13H,8-11H2,1H3,(H2,23,24,25,26). The van der Waals surface area contributed by atoms with Crippen LogP contribution in [0.5, 0.6) is 11.5 Å². The van der Waals surface area contributed by atoms with Crippen LogP contribution in [0.1, 0.15) is 11.4 Å². The summed E-state index contributed by atoms with van der Waals surface area (Å²) in [5, 5.41) is 7.41. The maximum absolute atomic E-state index is 5.93. The lowest BCUT2D eigenvalue weighted by atomic mass is 10.1. The Bertz CT molecular complexity index is 963. The number of anilines is 3. The zero-order valence-electron chi connectivity index (χ0n) is 15.5. The molecule has 3 aromatic rings. The molecule has 144 valence electrons. The highest BCUT2D eigenvalue weighted by Gasteiger charge is 2.12. The Morgan fingerprint density at radius 1 is 0.929 bits per heavy atom. The van der Waals surface area contributed by atoms with Gasteiger partial charge in [0.25, 0.3) is 0 Å². The summed E-state index contributed by atoms with van der Waals surface area (Å²) in [5.74, 6) is 3.69. The van der Waals surface area contributed by atoms with Gasteiger partial charge in [-0.15, -0.1) is 0 Å². The molecule has 0 saturated heterocycles. The van der Waals surface area contributed by atoms with E-state index in [1.165, 1.54) is 5.56 Å². The summed E-state index contributed by atoms with van der Waals surface area (Å²) in [6.45, 7) is 3.78. The summed E-state index contributed by atoms with van der Waals surface area (Å²) in [5.41, 5.74) is 2.10. The van der Waals surface area contributed by atoms with Crippen LogP contribution < -0.4 is 20.1 Å². The molecule has 0 bridgehead atoms. The van der Waals surface area contributed by atoms with Gasteiger partial charge in [-0.3, -0.25) is 0 Å². The molecule has 28 heavy (non-hydrogen) atoms. The largest absolute Gasteiger partial charge is 0.486 e. The number of nitrogens with zero attached hydrogens (tertiary/aromatic N) is 2. The molecule has 2 heterocycles. The van der Waals surface area contributed by atoms with Crippen molar-refractivity contribution in [3.05, 3.63) is 64.9 Å². The molecule has 0 aliphatic carbocycles. The molecule has 0 atom stereocenters. The number of ether oxygens (including phenoxy) is 2. The van der Waals surface area contributed by atoms with Crippen molar-refractivity contribution in [3.8, 4) is 11.5 Å². The molecule has 2 aromatic carbocycles. The lowest BCUT2D eigenvalue weighted by Gasteiger charge is -2.19. The number of aromatic nitrogens is 2. The van der Waals surface area contributed by atoms with Crippen LogP contribution in [-0.2, 0) is 6.42 Å². The monoisotopic (exact) mass is 396 g/mol. The van der Waals surface area contributed by atoms with E-state index in [2.05, 4.69) is 20.6 Å². The van der Waals surface area contributed by atoms with Crippen molar-refractivity contribution in [2.45, 2.75) is 13.3 Å². The minimum Gasteiger partial charge on any atom is -0.486 e. The van der Waals surface area contributed by atoms with E-state index in [9.17, 15) is 0 Å². The van der Waals surface area contributed by atoms with Gasteiger partial charge >= 0.3 is 0 Å². The van der Waals surface area contributed by atoms with Crippen molar-refractivity contribution in [2.75, 3.05) is 30.4 Å². The highest BCUT2D eigenvalue weighted by atomic mass is 35.5. The van der Waals surface area contributed by atoms with E-state index in [1.54, 1.807) is 0 Å². The number of hydrogen-bond acceptors (Lipinski definition) is 6. The highest BCUT2D eigenvalue weighted by Crippen LogP contribution is 2.33. The Morgan fingerprint density at radius 3 is 2.50 bits per heavy atom. The molecule has 1 aliphatic rings. The van der Waals surface area contributed by atoms with Crippen molar-refractivity contribution < 1.29 is 9.47 Å². The summed E-state index contributed by atoms with van der Waals surface area (Å²) >= 11 is 5.93. The number of halogens is 1. The summed E-state index contributed by atoms with van der Waals surface area (Å²) in [4.78, 5) is 8.93. The van der Waals surface area contributed by atoms with Gasteiger partial charge in [0, 0.05) is 29.4 Å². The van der Waals surface area contributed by atoms with Gasteiger partial charge in [-0.1, -0.05) is 23.7 Å². The first kappa shape index (κ1) is 18.4. The maximum atomic E-state index is 5.93. The Morgan fingerprint density at radius 2 is 1.68 bits per heavy atom. The first-order valence-electron chi connectivity index (χ1n) is 9.16. The van der Waals surface area contributed by atoms with Crippen LogP contribution in [0.3, 0.4) is 0 Å². The number of nitrogens with one attached hydrogen (secondary N) is 2. The molecule has 0 saturated carbocycles. The molecule has 0 spiro atoms. The van der Waals surface area contributed by atoms with E-state index in [0.717, 1.165) is 46.8 Å². The van der Waals surface area contributed by atoms with E-state index >= 15 is 0 Å². The third-order valence-corrected chi connectivity index (χ3v) is 4.54. The lowest BCUT2D eigenvalue weighted by Crippen LogP contribution is -2.15. The van der Waals surface area contributed by atoms with Crippen molar-refractivity contribution in [3.63, 3.8) is 0 Å². The average Bonchev–Trinajstić information content (AvgIpc) is 2.69. The quantitative estimate of drug-likeness (QED) is 0.634. The van der Waals surface area contributed by atoms with Crippen LogP contribution in [-0.4, -0.2) is 29.7 Å². The number of fused-ring (bicyclic) bond motifs is 1. The van der Waals surface area contributed by atoms with Crippen LogP contribution in [0.4, 0.5) is 17.3 Å². The van der Waals surface area contributed by atoms with Gasteiger partial charge in [0.05, 0.1) is 0 Å². The Kier molecular flexibility index (Phi) is 5.48. The maximum Gasteiger partial charge on any atom is 0.163 e. The van der Waals surface area contributed by atoms with Crippen molar-refractivity contribution >= 4 is 28.9 Å². The van der Waals surface area contributed by atoms with Gasteiger partial charge in [0.2, 0.25) is 0 Å². The van der Waals surface area contributed by atoms with Crippen LogP contribution >= 0.6 is 11.6 Å². The molecular weight excluding hydrogens is 376 g/mol. The topological polar surface area (TPSA) is 68.3 Å². The Balaban J connectivity index is 1.41. The molecule has 4 rings (SSSR count). The van der Waals surface area contributed by atoms with E-state index in [1.807, 2.05) is 55.5 Å². The third-order valence-electron chi connectivity index (χ3n) is 4.29. The summed E-state index contributed by atoms with van der Waals surface area (Å²) in [6, 6.07) is 15.5. The zero-order valence-corrected chi connectivity index (χ0v) is 16.3. The molecular formula is C21H21ClN4O2. The summed E-state index contributed by atoms with van der Waals surface area (Å²) in [7, 11) is 0. The average molecular weight is 397 g/mol. The fraction of sp³-hybridized carbons (Fsp3) is 0.238. The summed E-state index contributed by atoms with van der Waals surface area (Å²) < 4.78 is 11.2. The van der Waals surface area contributed by atoms with E-state index in [-0.39, 0.29) is 0 Å². The summed E-state index contributed by atoms with van der Waals surface area (Å²) in [6.07, 6.45) is 0.880. The molecule has 2 N–H and O–H groups in total. The normalized spacial score (nSPS) is 12.5. The second-order valence-corrected chi connectivity index (χ2v) is 6.91. The van der Waals surface area contributed by atoms with Gasteiger partial charge in [-0.2, -0.15) is 0 Å². The number of benzene rings is 2. The van der Waals surface area contributed by atoms with E-state index < -0.39 is 0 Å². The van der Waals surface area contributed by atoms with E-state index in [0.29, 0.717) is 19.0 Å². The van der Waals surface area contributed by atoms with Gasteiger partial charge in [-0.25, -0.2) is 9.97 Å². The Hall–Kier alpha value is -2.99. The molecule has 0 radical (unpaired) electrons. The van der Waals surface area contributed by atoms with Crippen molar-refractivity contribution in [2.24, 2.45) is 0 Å². The lowest BCUT2D eigenvalue weighted by molar-refractivity contribution is 0.171. The van der Waals surface area contributed by atoms with Crippen LogP contribution in [0.15, 0.2) is 48.5 Å². The predicted octanol–water partition coefficient (Wildman–Crippen LogP) is 4.61. The van der Waals surface area contributed by atoms with Gasteiger partial charge in [0.1, 0.15) is 30.7 Å². The number of rotatable bonds is 6. The van der Waals surface area contributed by atoms with Gasteiger partial charge in [-0.05, 0) is 43.2 Å². The Labute approximate surface area is 168 Å². The smallest absolute Gasteiger partial charge is 0.163 e. The van der Waals surface area contributed by atoms with Crippen molar-refractivity contribution in [1.82, 2.24) is 9.97 Å². The second kappa shape index (κ2) is 8.35. The molecule has 1 aromatic heterocycles. The highest BCUT2D eigenvalue weighted by molar-refractivity contribution is 6.30. The molecule has 0 fully saturated rings. The third kappa shape index (κ3) is 4.64. The minimum absolute atomic E-state index is 0.560. The molecule has 7 heteroatoms. The fourth-order valence-electron chi connectivity index (χ4n) is 2.98. The molecule has 0 unspecified atom stereocenters. The SMILES string of the molecule is Cc1nc(NCCc2ccc(Cl)cc2)cc(Nc2ccc3c(c2)OCCO3)n1. The number of aryl methyl sites for hydroxylation is 1. The number of hydrogen-bond donors (Lipinski definition) is 2. The molecule has 6 nitrogen and oxygen atoms in total.